The van der Waals surface area contributed by atoms with Gasteiger partial charge in [0.2, 0.25) is 5.95 Å². The maximum absolute atomic E-state index is 6.26. The van der Waals surface area contributed by atoms with Crippen molar-refractivity contribution in [3.63, 3.8) is 0 Å². The Balaban J connectivity index is 1.38. The first-order valence-electron chi connectivity index (χ1n) is 10.7. The van der Waals surface area contributed by atoms with Crippen molar-refractivity contribution < 1.29 is 9.47 Å². The Hall–Kier alpha value is -2.10. The fourth-order valence-corrected chi connectivity index (χ4v) is 4.52. The lowest BCUT2D eigenvalue weighted by Crippen LogP contribution is -2.50. The lowest BCUT2D eigenvalue weighted by Gasteiger charge is -2.44. The molecule has 2 aromatic heterocycles. The molecule has 0 spiro atoms. The van der Waals surface area contributed by atoms with Gasteiger partial charge in [-0.15, -0.1) is 5.10 Å². The van der Waals surface area contributed by atoms with Gasteiger partial charge in [0.25, 0.3) is 5.88 Å². The maximum Gasteiger partial charge on any atom is 0.257 e. The third-order valence-corrected chi connectivity index (χ3v) is 6.54. The van der Waals surface area contributed by atoms with Crippen LogP contribution in [0.25, 0.3) is 0 Å². The lowest BCUT2D eigenvalue weighted by molar-refractivity contribution is -0.0166. The first-order chi connectivity index (χ1) is 14.6. The second kappa shape index (κ2) is 8.20. The Bertz CT molecular complexity index is 909. The summed E-state index contributed by atoms with van der Waals surface area (Å²) in [7, 11) is 0. The molecule has 3 aliphatic rings. The third kappa shape index (κ3) is 3.81. The molecule has 0 radical (unpaired) electrons. The average Bonchev–Trinajstić information content (AvgIpc) is 2.98. The molecule has 162 valence electrons. The SMILES string of the molecule is Cc1c2c(nn1C1CC(N3CCOCC3)C1)OCCC(C)Nc1nc(ncc1Cl)N2. The number of aromatic nitrogens is 4. The fraction of sp³-hybridized carbons (Fsp3) is 0.650. The van der Waals surface area contributed by atoms with Crippen LogP contribution < -0.4 is 15.4 Å². The molecule has 1 atom stereocenters. The summed E-state index contributed by atoms with van der Waals surface area (Å²) in [5.74, 6) is 1.71. The van der Waals surface area contributed by atoms with Crippen LogP contribution >= 0.6 is 11.6 Å². The smallest absolute Gasteiger partial charge is 0.257 e. The highest BCUT2D eigenvalue weighted by atomic mass is 35.5. The molecule has 2 fully saturated rings. The van der Waals surface area contributed by atoms with Crippen LogP contribution in [0.15, 0.2) is 6.20 Å². The summed E-state index contributed by atoms with van der Waals surface area (Å²) >= 11 is 6.26. The average molecular weight is 434 g/mol. The first-order valence-corrected chi connectivity index (χ1v) is 11.1. The minimum atomic E-state index is 0.163. The Kier molecular flexibility index (Phi) is 5.43. The van der Waals surface area contributed by atoms with Gasteiger partial charge in [0.15, 0.2) is 5.82 Å². The molecule has 1 unspecified atom stereocenters. The van der Waals surface area contributed by atoms with Gasteiger partial charge in [0, 0.05) is 31.6 Å². The van der Waals surface area contributed by atoms with Crippen molar-refractivity contribution in [2.45, 2.75) is 51.2 Å². The number of nitrogens with one attached hydrogen (secondary N) is 2. The highest BCUT2D eigenvalue weighted by Crippen LogP contribution is 2.40. The van der Waals surface area contributed by atoms with Crippen molar-refractivity contribution in [1.82, 2.24) is 24.6 Å². The van der Waals surface area contributed by atoms with Crippen LogP contribution in [0, 0.1) is 6.92 Å². The number of hydrogen-bond acceptors (Lipinski definition) is 8. The third-order valence-electron chi connectivity index (χ3n) is 6.27. The van der Waals surface area contributed by atoms with Crippen molar-refractivity contribution in [3.8, 4) is 5.88 Å². The van der Waals surface area contributed by atoms with Crippen molar-refractivity contribution in [1.29, 1.82) is 0 Å². The Morgan fingerprint density at radius 2 is 1.97 bits per heavy atom. The molecule has 10 heteroatoms. The second-order valence-electron chi connectivity index (χ2n) is 8.34. The molecule has 1 aliphatic carbocycles. The molecule has 0 amide bonds. The van der Waals surface area contributed by atoms with E-state index in [1.165, 1.54) is 0 Å². The number of nitrogens with zero attached hydrogens (tertiary/aromatic N) is 5. The van der Waals surface area contributed by atoms with Crippen molar-refractivity contribution in [2.24, 2.45) is 0 Å². The highest BCUT2D eigenvalue weighted by Gasteiger charge is 2.37. The number of anilines is 3. The summed E-state index contributed by atoms with van der Waals surface area (Å²) in [4.78, 5) is 11.4. The topological polar surface area (TPSA) is 89.4 Å². The van der Waals surface area contributed by atoms with Gasteiger partial charge in [-0.3, -0.25) is 9.58 Å². The number of morpholine rings is 1. The van der Waals surface area contributed by atoms with Crippen molar-refractivity contribution in [2.75, 3.05) is 43.5 Å². The fourth-order valence-electron chi connectivity index (χ4n) is 4.37. The molecule has 2 aliphatic heterocycles. The maximum atomic E-state index is 6.26. The lowest BCUT2D eigenvalue weighted by atomic mass is 9.85. The van der Waals surface area contributed by atoms with Gasteiger partial charge >= 0.3 is 0 Å². The van der Waals surface area contributed by atoms with Crippen molar-refractivity contribution >= 4 is 29.1 Å². The van der Waals surface area contributed by atoms with E-state index in [9.17, 15) is 0 Å². The Morgan fingerprint density at radius 3 is 2.77 bits per heavy atom. The predicted octanol–water partition coefficient (Wildman–Crippen LogP) is 3.00. The zero-order valence-corrected chi connectivity index (χ0v) is 18.2. The van der Waals surface area contributed by atoms with Crippen LogP contribution in [0.4, 0.5) is 17.5 Å². The monoisotopic (exact) mass is 433 g/mol. The van der Waals surface area contributed by atoms with Gasteiger partial charge in [-0.2, -0.15) is 4.98 Å². The molecule has 30 heavy (non-hydrogen) atoms. The Morgan fingerprint density at radius 1 is 1.17 bits per heavy atom. The molecule has 0 aromatic carbocycles. The van der Waals surface area contributed by atoms with E-state index in [0.29, 0.717) is 41.4 Å². The van der Waals surface area contributed by atoms with Crippen LogP contribution in [0.3, 0.4) is 0 Å². The van der Waals surface area contributed by atoms with E-state index >= 15 is 0 Å². The number of hydrogen-bond donors (Lipinski definition) is 2. The minimum Gasteiger partial charge on any atom is -0.475 e. The molecule has 2 N–H and O–H groups in total. The summed E-state index contributed by atoms with van der Waals surface area (Å²) in [6.45, 7) is 8.44. The molecule has 1 saturated carbocycles. The van der Waals surface area contributed by atoms with Crippen LogP contribution in [-0.4, -0.2) is 69.6 Å². The van der Waals surface area contributed by atoms with E-state index in [2.05, 4.69) is 44.0 Å². The van der Waals surface area contributed by atoms with Gasteiger partial charge in [0.05, 0.1) is 37.8 Å². The summed E-state index contributed by atoms with van der Waals surface area (Å²) in [6, 6.07) is 1.16. The zero-order chi connectivity index (χ0) is 20.7. The summed E-state index contributed by atoms with van der Waals surface area (Å²) < 4.78 is 13.7. The van der Waals surface area contributed by atoms with E-state index in [0.717, 1.165) is 56.9 Å². The second-order valence-corrected chi connectivity index (χ2v) is 8.74. The normalized spacial score (nSPS) is 27.0. The molecule has 2 aromatic rings. The molecule has 5 rings (SSSR count). The van der Waals surface area contributed by atoms with Gasteiger partial charge < -0.3 is 20.1 Å². The predicted molar refractivity (Wildman–Crippen MR) is 115 cm³/mol. The van der Waals surface area contributed by atoms with Crippen LogP contribution in [0.2, 0.25) is 5.02 Å². The van der Waals surface area contributed by atoms with Gasteiger partial charge in [-0.05, 0) is 26.7 Å². The van der Waals surface area contributed by atoms with Gasteiger partial charge in [-0.1, -0.05) is 11.6 Å². The number of ether oxygens (including phenoxy) is 2. The summed E-state index contributed by atoms with van der Waals surface area (Å²) in [6.07, 6.45) is 4.63. The highest BCUT2D eigenvalue weighted by molar-refractivity contribution is 6.32. The zero-order valence-electron chi connectivity index (χ0n) is 17.4. The van der Waals surface area contributed by atoms with E-state index in [-0.39, 0.29) is 6.04 Å². The number of rotatable bonds is 2. The number of fused-ring (bicyclic) bond motifs is 3. The molecule has 2 bridgehead atoms. The molecule has 1 saturated heterocycles. The first kappa shape index (κ1) is 19.8. The van der Waals surface area contributed by atoms with E-state index < -0.39 is 0 Å². The van der Waals surface area contributed by atoms with E-state index in [1.54, 1.807) is 6.20 Å². The molecule has 4 heterocycles. The number of halogens is 1. The summed E-state index contributed by atoms with van der Waals surface area (Å²) in [5, 5.41) is 12.0. The summed E-state index contributed by atoms with van der Waals surface area (Å²) in [5.41, 5.74) is 1.86. The van der Waals surface area contributed by atoms with Crippen LogP contribution in [-0.2, 0) is 4.74 Å². The standard InChI is InChI=1S/C20H28ClN7O2/c1-12-3-6-30-19-17(24-20-22-11-16(21)18(23-12)25-20)13(2)28(26-19)15-9-14(10-15)27-4-7-29-8-5-27/h11-12,14-15H,3-10H2,1-2H3,(H2,22,23,24,25). The molecular formula is C20H28ClN7O2. The largest absolute Gasteiger partial charge is 0.475 e. The molecular weight excluding hydrogens is 406 g/mol. The minimum absolute atomic E-state index is 0.163. The van der Waals surface area contributed by atoms with Gasteiger partial charge in [0.1, 0.15) is 10.7 Å². The van der Waals surface area contributed by atoms with Crippen molar-refractivity contribution in [3.05, 3.63) is 16.9 Å². The van der Waals surface area contributed by atoms with Gasteiger partial charge in [-0.25, -0.2) is 4.98 Å². The van der Waals surface area contributed by atoms with Crippen LogP contribution in [0.1, 0.15) is 37.9 Å². The van der Waals surface area contributed by atoms with E-state index in [4.69, 9.17) is 26.2 Å². The van der Waals surface area contributed by atoms with E-state index in [1.807, 2.05) is 0 Å². The quantitative estimate of drug-likeness (QED) is 0.747. The van der Waals surface area contributed by atoms with Crippen LogP contribution in [0.5, 0.6) is 5.88 Å². The Labute approximate surface area is 181 Å². The molecule has 9 nitrogen and oxygen atoms in total.